The third kappa shape index (κ3) is 2.29. The molecule has 0 radical (unpaired) electrons. The fourth-order valence-corrected chi connectivity index (χ4v) is 3.99. The number of hydrogen-bond acceptors (Lipinski definition) is 3. The molecule has 1 aromatic carbocycles. The largest absolute Gasteiger partial charge is 0.330 e. The van der Waals surface area contributed by atoms with Crippen molar-refractivity contribution in [2.75, 3.05) is 6.54 Å². The smallest absolute Gasteiger partial charge is 0.0969 e. The molecule has 1 fully saturated rings. The summed E-state index contributed by atoms with van der Waals surface area (Å²) in [5.74, 6) is 1.42. The van der Waals surface area contributed by atoms with E-state index in [1.807, 2.05) is 11.3 Å². The number of nitrogens with two attached hydrogens (primary N) is 1. The lowest BCUT2D eigenvalue weighted by atomic mass is 9.82. The highest BCUT2D eigenvalue weighted by molar-refractivity contribution is 7.18. The lowest BCUT2D eigenvalue weighted by Crippen LogP contribution is -2.20. The molecule has 0 aliphatic heterocycles. The quantitative estimate of drug-likeness (QED) is 0.891. The number of aryl methyl sites for hydroxylation is 1. The fraction of sp³-hybridized carbons (Fsp3) is 0.533. The van der Waals surface area contributed by atoms with Crippen LogP contribution in [0.5, 0.6) is 0 Å². The Hall–Kier alpha value is -0.930. The number of fused-ring (bicyclic) bond motifs is 1. The maximum Gasteiger partial charge on any atom is 0.0969 e. The summed E-state index contributed by atoms with van der Waals surface area (Å²) in [7, 11) is 0. The van der Waals surface area contributed by atoms with Crippen LogP contribution in [-0.2, 0) is 0 Å². The zero-order valence-electron chi connectivity index (χ0n) is 10.9. The molecule has 1 aromatic heterocycles. The molecule has 96 valence electrons. The van der Waals surface area contributed by atoms with E-state index in [-0.39, 0.29) is 0 Å². The molecule has 1 aliphatic rings. The summed E-state index contributed by atoms with van der Waals surface area (Å²) in [6.07, 6.45) is 5.08. The first-order chi connectivity index (χ1) is 8.76. The number of benzene rings is 1. The van der Waals surface area contributed by atoms with Gasteiger partial charge in [0, 0.05) is 5.92 Å². The summed E-state index contributed by atoms with van der Waals surface area (Å²) >= 11 is 1.88. The van der Waals surface area contributed by atoms with Crippen molar-refractivity contribution in [3.05, 3.63) is 28.8 Å². The van der Waals surface area contributed by atoms with Crippen LogP contribution < -0.4 is 5.73 Å². The summed E-state index contributed by atoms with van der Waals surface area (Å²) in [6, 6.07) is 6.58. The minimum Gasteiger partial charge on any atom is -0.330 e. The van der Waals surface area contributed by atoms with Crippen molar-refractivity contribution in [2.24, 2.45) is 11.7 Å². The number of nitrogens with zero attached hydrogens (tertiary/aromatic N) is 1. The molecule has 0 unspecified atom stereocenters. The van der Waals surface area contributed by atoms with Crippen molar-refractivity contribution in [1.82, 2.24) is 4.98 Å². The Kier molecular flexibility index (Phi) is 3.35. The fourth-order valence-electron chi connectivity index (χ4n) is 2.88. The molecule has 1 saturated carbocycles. The molecular weight excluding hydrogens is 240 g/mol. The van der Waals surface area contributed by atoms with Crippen LogP contribution in [0.3, 0.4) is 0 Å². The Morgan fingerprint density at radius 1 is 1.28 bits per heavy atom. The predicted octanol–water partition coefficient (Wildman–Crippen LogP) is 3.84. The van der Waals surface area contributed by atoms with Crippen molar-refractivity contribution in [2.45, 2.75) is 38.5 Å². The van der Waals surface area contributed by atoms with Gasteiger partial charge in [-0.25, -0.2) is 4.98 Å². The van der Waals surface area contributed by atoms with E-state index in [9.17, 15) is 0 Å². The molecule has 0 bridgehead atoms. The van der Waals surface area contributed by atoms with Gasteiger partial charge in [0.2, 0.25) is 0 Å². The monoisotopic (exact) mass is 260 g/mol. The molecule has 2 N–H and O–H groups in total. The van der Waals surface area contributed by atoms with E-state index in [0.717, 1.165) is 12.5 Å². The lowest BCUT2D eigenvalue weighted by molar-refractivity contribution is 0.332. The SMILES string of the molecule is Cc1ccc2sc(C3CCC(CN)CC3)nc2c1. The van der Waals surface area contributed by atoms with E-state index >= 15 is 0 Å². The number of thiazole rings is 1. The van der Waals surface area contributed by atoms with Gasteiger partial charge in [-0.05, 0) is 62.8 Å². The first-order valence-electron chi connectivity index (χ1n) is 6.83. The van der Waals surface area contributed by atoms with E-state index in [1.54, 1.807) is 0 Å². The summed E-state index contributed by atoms with van der Waals surface area (Å²) in [4.78, 5) is 4.84. The summed E-state index contributed by atoms with van der Waals surface area (Å²) in [5.41, 5.74) is 8.23. The van der Waals surface area contributed by atoms with Crippen molar-refractivity contribution in [3.63, 3.8) is 0 Å². The van der Waals surface area contributed by atoms with Crippen LogP contribution in [0.2, 0.25) is 0 Å². The lowest BCUT2D eigenvalue weighted by Gasteiger charge is -2.26. The molecule has 3 heteroatoms. The standard InChI is InChI=1S/C15H20N2S/c1-10-2-7-14-13(8-10)17-15(18-14)12-5-3-11(9-16)4-6-12/h2,7-8,11-12H,3-6,9,16H2,1H3. The third-order valence-electron chi connectivity index (χ3n) is 4.09. The Morgan fingerprint density at radius 2 is 2.06 bits per heavy atom. The molecule has 2 aromatic rings. The first kappa shape index (κ1) is 12.1. The number of aromatic nitrogens is 1. The Labute approximate surface area is 112 Å². The molecule has 1 aliphatic carbocycles. The second-order valence-electron chi connectivity index (χ2n) is 5.48. The molecular formula is C15H20N2S. The zero-order valence-corrected chi connectivity index (χ0v) is 11.7. The third-order valence-corrected chi connectivity index (χ3v) is 5.29. The van der Waals surface area contributed by atoms with Crippen LogP contribution >= 0.6 is 11.3 Å². The van der Waals surface area contributed by atoms with Gasteiger partial charge < -0.3 is 5.73 Å². The van der Waals surface area contributed by atoms with Crippen LogP contribution in [0.15, 0.2) is 18.2 Å². The van der Waals surface area contributed by atoms with Crippen LogP contribution in [0.1, 0.15) is 42.2 Å². The molecule has 2 nitrogen and oxygen atoms in total. The van der Waals surface area contributed by atoms with E-state index in [4.69, 9.17) is 10.7 Å². The number of hydrogen-bond donors (Lipinski definition) is 1. The molecule has 0 amide bonds. The van der Waals surface area contributed by atoms with Crippen molar-refractivity contribution in [1.29, 1.82) is 0 Å². The normalized spacial score (nSPS) is 24.6. The van der Waals surface area contributed by atoms with Crippen molar-refractivity contribution in [3.8, 4) is 0 Å². The molecule has 3 rings (SSSR count). The van der Waals surface area contributed by atoms with Gasteiger partial charge in [-0.15, -0.1) is 11.3 Å². The average molecular weight is 260 g/mol. The van der Waals surface area contributed by atoms with Crippen LogP contribution in [0, 0.1) is 12.8 Å². The minimum atomic E-state index is 0.672. The zero-order chi connectivity index (χ0) is 12.5. The molecule has 0 spiro atoms. The highest BCUT2D eigenvalue weighted by Gasteiger charge is 2.23. The van der Waals surface area contributed by atoms with E-state index in [2.05, 4.69) is 25.1 Å². The van der Waals surface area contributed by atoms with Gasteiger partial charge in [-0.3, -0.25) is 0 Å². The minimum absolute atomic E-state index is 0.672. The maximum absolute atomic E-state index is 5.75. The van der Waals surface area contributed by atoms with Crippen molar-refractivity contribution < 1.29 is 0 Å². The Bertz CT molecular complexity index is 538. The highest BCUT2D eigenvalue weighted by Crippen LogP contribution is 2.38. The van der Waals surface area contributed by atoms with E-state index in [1.165, 1.54) is 46.5 Å². The average Bonchev–Trinajstić information content (AvgIpc) is 2.81. The van der Waals surface area contributed by atoms with Gasteiger partial charge in [0.25, 0.3) is 0 Å². The van der Waals surface area contributed by atoms with Gasteiger partial charge in [-0.1, -0.05) is 6.07 Å². The van der Waals surface area contributed by atoms with E-state index < -0.39 is 0 Å². The van der Waals surface area contributed by atoms with Gasteiger partial charge in [0.1, 0.15) is 0 Å². The van der Waals surface area contributed by atoms with Gasteiger partial charge in [0.05, 0.1) is 15.2 Å². The topological polar surface area (TPSA) is 38.9 Å². The predicted molar refractivity (Wildman–Crippen MR) is 78.1 cm³/mol. The Balaban J connectivity index is 1.82. The second-order valence-corrected chi connectivity index (χ2v) is 6.54. The van der Waals surface area contributed by atoms with Crippen molar-refractivity contribution >= 4 is 21.6 Å². The molecule has 1 heterocycles. The molecule has 18 heavy (non-hydrogen) atoms. The van der Waals surface area contributed by atoms with Crippen LogP contribution in [0.4, 0.5) is 0 Å². The summed E-state index contributed by atoms with van der Waals surface area (Å²) in [6.45, 7) is 2.98. The van der Waals surface area contributed by atoms with Crippen LogP contribution in [-0.4, -0.2) is 11.5 Å². The van der Waals surface area contributed by atoms with Crippen LogP contribution in [0.25, 0.3) is 10.2 Å². The first-order valence-corrected chi connectivity index (χ1v) is 7.65. The Morgan fingerprint density at radius 3 is 2.78 bits per heavy atom. The summed E-state index contributed by atoms with van der Waals surface area (Å²) < 4.78 is 1.33. The van der Waals surface area contributed by atoms with Gasteiger partial charge in [-0.2, -0.15) is 0 Å². The maximum atomic E-state index is 5.75. The number of rotatable bonds is 2. The molecule has 0 atom stereocenters. The molecule has 0 saturated heterocycles. The van der Waals surface area contributed by atoms with Gasteiger partial charge in [0.15, 0.2) is 0 Å². The summed E-state index contributed by atoms with van der Waals surface area (Å²) in [5, 5.41) is 1.34. The second kappa shape index (κ2) is 4.98. The van der Waals surface area contributed by atoms with E-state index in [0.29, 0.717) is 5.92 Å². The highest BCUT2D eigenvalue weighted by atomic mass is 32.1. The van der Waals surface area contributed by atoms with Gasteiger partial charge >= 0.3 is 0 Å².